The molecule has 32 heavy (non-hydrogen) atoms. The SMILES string of the molecule is Cc1cnn(-c2cc3c(n4cnnc24)N(C(=O)O)Cc2c(F)ccc4c2[C@@H](CO4)CO3)c1. The minimum atomic E-state index is -1.26. The van der Waals surface area contributed by atoms with E-state index in [0.717, 1.165) is 10.5 Å². The van der Waals surface area contributed by atoms with Crippen molar-refractivity contribution in [3.05, 3.63) is 59.4 Å². The summed E-state index contributed by atoms with van der Waals surface area (Å²) in [4.78, 5) is 13.4. The Hall–Kier alpha value is -4.15. The van der Waals surface area contributed by atoms with Gasteiger partial charge >= 0.3 is 6.09 Å². The van der Waals surface area contributed by atoms with Gasteiger partial charge in [0.25, 0.3) is 0 Å². The van der Waals surface area contributed by atoms with E-state index < -0.39 is 11.9 Å². The molecule has 0 bridgehead atoms. The number of amides is 1. The smallest absolute Gasteiger partial charge is 0.413 e. The van der Waals surface area contributed by atoms with Gasteiger partial charge in [-0.3, -0.25) is 9.30 Å². The van der Waals surface area contributed by atoms with E-state index in [-0.39, 0.29) is 30.5 Å². The van der Waals surface area contributed by atoms with Crippen LogP contribution in [-0.2, 0) is 6.54 Å². The van der Waals surface area contributed by atoms with Crippen molar-refractivity contribution in [3.8, 4) is 17.2 Å². The van der Waals surface area contributed by atoms with Crippen LogP contribution in [0.1, 0.15) is 22.6 Å². The van der Waals surface area contributed by atoms with Gasteiger partial charge in [0, 0.05) is 23.4 Å². The van der Waals surface area contributed by atoms with Gasteiger partial charge in [-0.25, -0.2) is 13.9 Å². The number of anilines is 1. The number of benzene rings is 1. The lowest BCUT2D eigenvalue weighted by Gasteiger charge is -2.23. The molecule has 162 valence electrons. The van der Waals surface area contributed by atoms with E-state index in [0.29, 0.717) is 35.0 Å². The van der Waals surface area contributed by atoms with E-state index in [9.17, 15) is 14.3 Å². The summed E-state index contributed by atoms with van der Waals surface area (Å²) in [5.74, 6) is 0.322. The van der Waals surface area contributed by atoms with E-state index in [1.807, 2.05) is 13.1 Å². The first-order valence-corrected chi connectivity index (χ1v) is 9.97. The van der Waals surface area contributed by atoms with Gasteiger partial charge in [-0.2, -0.15) is 5.10 Å². The largest absolute Gasteiger partial charge is 0.493 e. The highest BCUT2D eigenvalue weighted by Crippen LogP contribution is 2.42. The monoisotopic (exact) mass is 436 g/mol. The molecule has 0 fully saturated rings. The molecule has 11 heteroatoms. The third-order valence-electron chi connectivity index (χ3n) is 5.80. The Morgan fingerprint density at radius 1 is 1.25 bits per heavy atom. The number of hydrogen-bond acceptors (Lipinski definition) is 6. The molecule has 6 rings (SSSR count). The highest BCUT2D eigenvalue weighted by atomic mass is 19.1. The number of pyridine rings is 1. The number of carboxylic acid groups (broad SMARTS) is 1. The topological polar surface area (TPSA) is 107 Å². The van der Waals surface area contributed by atoms with Crippen molar-refractivity contribution in [3.63, 3.8) is 0 Å². The van der Waals surface area contributed by atoms with E-state index in [2.05, 4.69) is 15.3 Å². The third-order valence-corrected chi connectivity index (χ3v) is 5.80. The maximum Gasteiger partial charge on any atom is 0.413 e. The highest BCUT2D eigenvalue weighted by molar-refractivity contribution is 5.88. The van der Waals surface area contributed by atoms with Crippen LogP contribution in [0, 0.1) is 12.7 Å². The van der Waals surface area contributed by atoms with Gasteiger partial charge in [-0.15, -0.1) is 10.2 Å². The van der Waals surface area contributed by atoms with E-state index >= 15 is 0 Å². The van der Waals surface area contributed by atoms with Crippen LogP contribution in [0.25, 0.3) is 11.3 Å². The lowest BCUT2D eigenvalue weighted by atomic mass is 9.95. The first kappa shape index (κ1) is 18.6. The average Bonchev–Trinajstić information content (AvgIpc) is 3.50. The molecule has 4 aromatic rings. The van der Waals surface area contributed by atoms with E-state index in [1.54, 1.807) is 23.0 Å². The summed E-state index contributed by atoms with van der Waals surface area (Å²) >= 11 is 0. The maximum absolute atomic E-state index is 14.9. The Kier molecular flexibility index (Phi) is 3.88. The van der Waals surface area contributed by atoms with Gasteiger partial charge in [-0.1, -0.05) is 0 Å². The minimum absolute atomic E-state index is 0.190. The van der Waals surface area contributed by atoms with Gasteiger partial charge in [0.15, 0.2) is 17.2 Å². The number of halogens is 1. The van der Waals surface area contributed by atoms with Crippen molar-refractivity contribution < 1.29 is 23.8 Å². The highest BCUT2D eigenvalue weighted by Gasteiger charge is 2.35. The number of carbonyl (C=O) groups is 1. The summed E-state index contributed by atoms with van der Waals surface area (Å²) in [5, 5.41) is 22.6. The fraction of sp³-hybridized carbons (Fsp3) is 0.238. The van der Waals surface area contributed by atoms with Crippen LogP contribution in [0.15, 0.2) is 36.9 Å². The second kappa shape index (κ2) is 6.67. The third kappa shape index (κ3) is 2.63. The molecule has 1 aromatic carbocycles. The summed E-state index contributed by atoms with van der Waals surface area (Å²) in [6, 6.07) is 4.55. The average molecular weight is 436 g/mol. The quantitative estimate of drug-likeness (QED) is 0.489. The van der Waals surface area contributed by atoms with Crippen molar-refractivity contribution >= 4 is 17.6 Å². The number of rotatable bonds is 1. The lowest BCUT2D eigenvalue weighted by Crippen LogP contribution is -2.31. The van der Waals surface area contributed by atoms with Crippen LogP contribution >= 0.6 is 0 Å². The first-order chi connectivity index (χ1) is 15.5. The van der Waals surface area contributed by atoms with E-state index in [4.69, 9.17) is 9.47 Å². The number of nitrogens with zero attached hydrogens (tertiary/aromatic N) is 6. The second-order valence-corrected chi connectivity index (χ2v) is 7.83. The minimum Gasteiger partial charge on any atom is -0.493 e. The predicted octanol–water partition coefficient (Wildman–Crippen LogP) is 2.92. The Balaban J connectivity index is 1.61. The number of ether oxygens (including phenoxy) is 2. The normalized spacial score (nSPS) is 17.1. The van der Waals surface area contributed by atoms with Gasteiger partial charge in [-0.05, 0) is 24.6 Å². The molecule has 1 amide bonds. The number of aromatic nitrogens is 5. The zero-order valence-corrected chi connectivity index (χ0v) is 16.9. The molecule has 1 atom stereocenters. The summed E-state index contributed by atoms with van der Waals surface area (Å²) in [5.41, 5.74) is 2.83. The summed E-state index contributed by atoms with van der Waals surface area (Å²) in [6.07, 6.45) is 3.67. The van der Waals surface area contributed by atoms with Crippen molar-refractivity contribution in [2.75, 3.05) is 18.1 Å². The Labute approximate surface area is 180 Å². The molecule has 0 radical (unpaired) electrons. The Morgan fingerprint density at radius 2 is 2.06 bits per heavy atom. The molecule has 0 spiro atoms. The summed E-state index contributed by atoms with van der Waals surface area (Å²) < 4.78 is 29.9. The molecule has 2 aliphatic heterocycles. The molecule has 0 aliphatic carbocycles. The van der Waals surface area contributed by atoms with Gasteiger partial charge < -0.3 is 14.6 Å². The molecular formula is C21H17FN6O4. The summed E-state index contributed by atoms with van der Waals surface area (Å²) in [6.45, 7) is 2.21. The number of hydrogen-bond donors (Lipinski definition) is 1. The fourth-order valence-electron chi connectivity index (χ4n) is 4.36. The number of fused-ring (bicyclic) bond motifs is 3. The standard InChI is InChI=1S/C21H17FN6O4/c1-11-5-24-28(6-11)15-4-17-20(27-10-23-25-19(15)27)26(21(29)30)7-13-14(22)2-3-16-18(13)12(8-31-16)9-32-17/h2-6,10,12H,7-9H2,1H3,(H,29,30)/t12-/m0/s1. The second-order valence-electron chi connectivity index (χ2n) is 7.83. The van der Waals surface area contributed by atoms with Gasteiger partial charge in [0.1, 0.15) is 23.6 Å². The van der Waals surface area contributed by atoms with Crippen molar-refractivity contribution in [2.45, 2.75) is 19.4 Å². The fourth-order valence-corrected chi connectivity index (χ4v) is 4.36. The van der Waals surface area contributed by atoms with Crippen LogP contribution in [0.5, 0.6) is 11.5 Å². The molecule has 0 unspecified atom stereocenters. The predicted molar refractivity (Wildman–Crippen MR) is 109 cm³/mol. The molecule has 3 aromatic heterocycles. The molecule has 5 heterocycles. The maximum atomic E-state index is 14.9. The molecule has 1 N–H and O–H groups in total. The molecule has 10 nitrogen and oxygen atoms in total. The zero-order chi connectivity index (χ0) is 22.0. The van der Waals surface area contributed by atoms with Crippen LogP contribution in [-0.4, -0.2) is 48.8 Å². The molecule has 2 aliphatic rings. The number of aryl methyl sites for hydroxylation is 1. The van der Waals surface area contributed by atoms with Crippen molar-refractivity contribution in [2.24, 2.45) is 0 Å². The Morgan fingerprint density at radius 3 is 2.81 bits per heavy atom. The summed E-state index contributed by atoms with van der Waals surface area (Å²) in [7, 11) is 0. The van der Waals surface area contributed by atoms with E-state index in [1.165, 1.54) is 16.8 Å². The molecule has 0 saturated carbocycles. The van der Waals surface area contributed by atoms with Crippen LogP contribution in [0.2, 0.25) is 0 Å². The van der Waals surface area contributed by atoms with Crippen molar-refractivity contribution in [1.29, 1.82) is 0 Å². The zero-order valence-electron chi connectivity index (χ0n) is 16.9. The van der Waals surface area contributed by atoms with Gasteiger partial charge in [0.2, 0.25) is 0 Å². The van der Waals surface area contributed by atoms with Crippen molar-refractivity contribution in [1.82, 2.24) is 24.4 Å². The lowest BCUT2D eigenvalue weighted by molar-refractivity contribution is 0.200. The Bertz CT molecular complexity index is 1400. The van der Waals surface area contributed by atoms with Crippen LogP contribution in [0.4, 0.5) is 15.0 Å². The molecular weight excluding hydrogens is 419 g/mol. The first-order valence-electron chi connectivity index (χ1n) is 9.97. The van der Waals surface area contributed by atoms with Crippen LogP contribution < -0.4 is 14.4 Å². The van der Waals surface area contributed by atoms with Crippen LogP contribution in [0.3, 0.4) is 0 Å². The van der Waals surface area contributed by atoms with Gasteiger partial charge in [0.05, 0.1) is 31.9 Å². The molecule has 0 saturated heterocycles.